The van der Waals surface area contributed by atoms with Crippen LogP contribution in [0.3, 0.4) is 0 Å². The van der Waals surface area contributed by atoms with Crippen molar-refractivity contribution < 1.29 is 33.6 Å². The summed E-state index contributed by atoms with van der Waals surface area (Å²) in [6.07, 6.45) is 1.31. The number of phenolic OH excluding ortho intramolecular Hbond substituents is 1. The van der Waals surface area contributed by atoms with Crippen LogP contribution in [0, 0.1) is 0 Å². The van der Waals surface area contributed by atoms with Crippen molar-refractivity contribution in [1.29, 1.82) is 0 Å². The molecule has 2 amide bonds. The number of aryl methyl sites for hydroxylation is 2. The van der Waals surface area contributed by atoms with E-state index in [1.807, 2.05) is 0 Å². The van der Waals surface area contributed by atoms with E-state index in [1.54, 1.807) is 25.3 Å². The van der Waals surface area contributed by atoms with E-state index in [0.717, 1.165) is 9.47 Å². The van der Waals surface area contributed by atoms with Gasteiger partial charge in [0, 0.05) is 51.5 Å². The Morgan fingerprint density at radius 2 is 1.48 bits per heavy atom. The molecule has 2 aromatic heterocycles. The number of hydrogen-bond donors (Lipinski definition) is 1. The molecule has 2 aliphatic heterocycles. The number of aromatic nitrogens is 5. The number of likely N-dealkylation sites (tertiary alicyclic amines) is 1. The number of methoxy groups -OCH3 is 4. The average molecular weight is 758 g/mol. The number of nitrogens with zero attached hydrogens (tertiary/aromatic N) is 6. The van der Waals surface area contributed by atoms with Gasteiger partial charge >= 0.3 is 11.4 Å². The van der Waals surface area contributed by atoms with Crippen molar-refractivity contribution in [1.82, 2.24) is 28.4 Å². The minimum Gasteiger partial charge on any atom is -0.502 e. The Labute approximate surface area is 304 Å². The minimum absolute atomic E-state index is 0.00435. The normalized spacial score (nSPS) is 23.6. The van der Waals surface area contributed by atoms with Crippen LogP contribution in [0.5, 0.6) is 28.7 Å². The van der Waals surface area contributed by atoms with Gasteiger partial charge in [-0.2, -0.15) is 0 Å². The molecule has 4 aromatic rings. The van der Waals surface area contributed by atoms with E-state index in [1.165, 1.54) is 61.6 Å². The number of carbonyl (C=O) groups excluding carboxylic acids is 2. The fourth-order valence-electron chi connectivity index (χ4n) is 7.79. The van der Waals surface area contributed by atoms with Crippen LogP contribution < -0.4 is 35.9 Å². The third-order valence-electron chi connectivity index (χ3n) is 10.4. The van der Waals surface area contributed by atoms with Crippen molar-refractivity contribution in [3.8, 4) is 28.7 Å². The summed E-state index contributed by atoms with van der Waals surface area (Å²) in [5, 5.41) is 10.7. The Morgan fingerprint density at radius 3 is 2.10 bits per heavy atom. The van der Waals surface area contributed by atoms with Crippen molar-refractivity contribution in [2.45, 2.75) is 47.6 Å². The molecule has 1 N–H and O–H groups in total. The molecule has 1 aliphatic carbocycles. The molecule has 0 bridgehead atoms. The second kappa shape index (κ2) is 12.2. The number of benzene rings is 2. The highest BCUT2D eigenvalue weighted by Crippen LogP contribution is 2.63. The van der Waals surface area contributed by atoms with Crippen LogP contribution in [-0.2, 0) is 36.1 Å². The van der Waals surface area contributed by atoms with Gasteiger partial charge in [0.15, 0.2) is 32.7 Å². The molecular formula is C34H34Cl2N6O10. The van der Waals surface area contributed by atoms with E-state index in [-0.39, 0.29) is 48.9 Å². The maximum atomic E-state index is 14.2. The van der Waals surface area contributed by atoms with E-state index in [0.29, 0.717) is 33.7 Å². The van der Waals surface area contributed by atoms with Crippen LogP contribution in [0.4, 0.5) is 0 Å². The maximum Gasteiger partial charge on any atom is 0.347 e. The number of fused-ring (bicyclic) bond motifs is 5. The number of phenols is 1. The lowest BCUT2D eigenvalue weighted by Crippen LogP contribution is -2.59. The summed E-state index contributed by atoms with van der Waals surface area (Å²) in [7, 11) is 8.48. The third-order valence-corrected chi connectivity index (χ3v) is 11.8. The summed E-state index contributed by atoms with van der Waals surface area (Å²) in [5.74, 6) is -2.13. The lowest BCUT2D eigenvalue weighted by Gasteiger charge is -2.49. The highest BCUT2D eigenvalue weighted by Gasteiger charge is 2.75. The monoisotopic (exact) mass is 756 g/mol. The molecule has 7 rings (SSSR count). The zero-order chi connectivity index (χ0) is 37.6. The number of ether oxygens (including phenoxy) is 4. The summed E-state index contributed by atoms with van der Waals surface area (Å²) in [6.45, 7) is -0.289. The lowest BCUT2D eigenvalue weighted by atomic mass is 9.64. The Morgan fingerprint density at radius 1 is 0.865 bits per heavy atom. The number of imide groups is 1. The standard InChI is InChI=1S/C34H34Cl2N6O10/c1-38-20-14-23(50-4)22(49-3)13-19(20)37-18(28(38)44)8-9-40-31(47)41-10-7-17-21(42(41)32(40)48)15-33(35)29(45)39(2)30(46)34(33,36)26(17)16-11-24(51-5)27(43)25(12-16)52-6/h7,11-14,21,26,43H,8-10,15H2,1-6H3. The number of alkyl halides is 2. The largest absolute Gasteiger partial charge is 0.502 e. The Balaban J connectivity index is 1.33. The molecule has 4 unspecified atom stereocenters. The molecule has 3 aliphatic rings. The van der Waals surface area contributed by atoms with Gasteiger partial charge in [-0.3, -0.25) is 19.3 Å². The van der Waals surface area contributed by atoms with Gasteiger partial charge in [0.1, 0.15) is 5.69 Å². The van der Waals surface area contributed by atoms with Gasteiger partial charge in [-0.25, -0.2) is 28.5 Å². The molecule has 1 saturated heterocycles. The summed E-state index contributed by atoms with van der Waals surface area (Å²) in [6, 6.07) is 5.18. The molecule has 2 aromatic carbocycles. The quantitative estimate of drug-likeness (QED) is 0.157. The van der Waals surface area contributed by atoms with E-state index in [2.05, 4.69) is 4.98 Å². The molecule has 52 heavy (non-hydrogen) atoms. The molecule has 0 spiro atoms. The first kappa shape index (κ1) is 35.2. The van der Waals surface area contributed by atoms with Crippen molar-refractivity contribution in [2.75, 3.05) is 35.5 Å². The number of aromatic hydroxyl groups is 1. The highest BCUT2D eigenvalue weighted by molar-refractivity contribution is 6.53. The molecule has 2 fully saturated rings. The fraction of sp³-hybridized carbons (Fsp3) is 0.412. The number of carbonyl (C=O) groups is 2. The van der Waals surface area contributed by atoms with Gasteiger partial charge in [-0.05, 0) is 23.3 Å². The number of allylic oxidation sites excluding steroid dienone is 2. The first-order valence-corrected chi connectivity index (χ1v) is 16.8. The van der Waals surface area contributed by atoms with Crippen LogP contribution >= 0.6 is 23.2 Å². The van der Waals surface area contributed by atoms with E-state index in [4.69, 9.17) is 42.1 Å². The smallest absolute Gasteiger partial charge is 0.347 e. The number of halogens is 2. The van der Waals surface area contributed by atoms with Crippen LogP contribution in [0.25, 0.3) is 11.0 Å². The molecule has 4 heterocycles. The van der Waals surface area contributed by atoms with Gasteiger partial charge < -0.3 is 28.6 Å². The number of rotatable bonds is 8. The first-order valence-electron chi connectivity index (χ1n) is 16.1. The molecule has 16 nitrogen and oxygen atoms in total. The Kier molecular flexibility index (Phi) is 8.25. The van der Waals surface area contributed by atoms with Gasteiger partial charge in [-0.1, -0.05) is 6.08 Å². The SMILES string of the molecule is COc1cc2nc(CCn3c(=O)n4n(c3=O)C3CC5(Cl)C(=O)N(C)C(=O)C5(Cl)C(c5cc(OC)c(O)c(OC)c5)C3=CC4)c(=O)n(C)c2cc1OC. The van der Waals surface area contributed by atoms with Crippen molar-refractivity contribution in [3.63, 3.8) is 0 Å². The van der Waals surface area contributed by atoms with E-state index >= 15 is 0 Å². The van der Waals surface area contributed by atoms with Crippen molar-refractivity contribution >= 4 is 46.0 Å². The molecule has 0 radical (unpaired) electrons. The number of amides is 2. The van der Waals surface area contributed by atoms with Gasteiger partial charge in [0.05, 0.1) is 52.1 Å². The Bertz CT molecular complexity index is 2410. The molecule has 18 heteroatoms. The van der Waals surface area contributed by atoms with E-state index in [9.17, 15) is 29.1 Å². The second-order valence-corrected chi connectivity index (χ2v) is 14.1. The van der Waals surface area contributed by atoms with Gasteiger partial charge in [-0.15, -0.1) is 23.2 Å². The summed E-state index contributed by atoms with van der Waals surface area (Å²) < 4.78 is 26.4. The third kappa shape index (κ3) is 4.59. The van der Waals surface area contributed by atoms with Gasteiger partial charge in [0.2, 0.25) is 5.75 Å². The minimum atomic E-state index is -2.07. The average Bonchev–Trinajstić information content (AvgIpc) is 3.46. The van der Waals surface area contributed by atoms with Crippen LogP contribution in [-0.4, -0.2) is 90.5 Å². The zero-order valence-electron chi connectivity index (χ0n) is 28.9. The van der Waals surface area contributed by atoms with Crippen LogP contribution in [0.1, 0.15) is 29.6 Å². The predicted octanol–water partition coefficient (Wildman–Crippen LogP) is 1.66. The lowest BCUT2D eigenvalue weighted by molar-refractivity contribution is -0.137. The van der Waals surface area contributed by atoms with Crippen molar-refractivity contribution in [2.24, 2.45) is 7.05 Å². The maximum absolute atomic E-state index is 14.2. The first-order chi connectivity index (χ1) is 24.7. The molecular weight excluding hydrogens is 723 g/mol. The van der Waals surface area contributed by atoms with Crippen LogP contribution in [0.2, 0.25) is 0 Å². The summed E-state index contributed by atoms with van der Waals surface area (Å²) >= 11 is 14.5. The Hall–Kier alpha value is -5.22. The van der Waals surface area contributed by atoms with E-state index < -0.39 is 50.5 Å². The van der Waals surface area contributed by atoms with Crippen molar-refractivity contribution in [3.05, 3.63) is 78.5 Å². The highest BCUT2D eigenvalue weighted by atomic mass is 35.5. The summed E-state index contributed by atoms with van der Waals surface area (Å²) in [4.78, 5) is 70.3. The second-order valence-electron chi connectivity index (χ2n) is 12.8. The topological polar surface area (TPSA) is 178 Å². The van der Waals surface area contributed by atoms with Crippen LogP contribution in [0.15, 0.2) is 50.3 Å². The number of hydrogen-bond acceptors (Lipinski definition) is 11. The fourth-order valence-corrected chi connectivity index (χ4v) is 8.79. The molecule has 1 saturated carbocycles. The summed E-state index contributed by atoms with van der Waals surface area (Å²) in [5.41, 5.74) is 0.000170. The zero-order valence-corrected chi connectivity index (χ0v) is 30.4. The molecule has 4 atom stereocenters. The predicted molar refractivity (Wildman–Crippen MR) is 187 cm³/mol. The molecule has 274 valence electrons. The van der Waals surface area contributed by atoms with Gasteiger partial charge in [0.25, 0.3) is 17.4 Å².